The van der Waals surface area contributed by atoms with Crippen LogP contribution in [0.4, 0.5) is 0 Å². The maximum absolute atomic E-state index is 8.28. The van der Waals surface area contributed by atoms with Gasteiger partial charge in [-0.2, -0.15) is 0 Å². The zero-order valence-corrected chi connectivity index (χ0v) is 51.0. The van der Waals surface area contributed by atoms with Crippen LogP contribution in [-0.4, -0.2) is 52.7 Å². The molecule has 11 heteroatoms. The molecule has 81 heavy (non-hydrogen) atoms. The molecule has 4 heterocycles. The summed E-state index contributed by atoms with van der Waals surface area (Å²) < 4.78 is 24.8. The molecule has 0 unspecified atom stereocenters. The van der Waals surface area contributed by atoms with Crippen molar-refractivity contribution in [2.24, 2.45) is 11.8 Å². The number of hydrogen-bond acceptors (Lipinski definition) is 8. The van der Waals surface area contributed by atoms with Gasteiger partial charge in [0.15, 0.2) is 0 Å². The number of ether oxygens (including phenoxy) is 2. The summed E-state index contributed by atoms with van der Waals surface area (Å²) in [6.07, 6.45) is 19.6. The number of hydrogen-bond donors (Lipinski definition) is 2. The van der Waals surface area contributed by atoms with E-state index in [2.05, 4.69) is 146 Å². The summed E-state index contributed by atoms with van der Waals surface area (Å²) in [5, 5.41) is 22.7. The molecule has 2 saturated carbocycles. The Bertz CT molecular complexity index is 3630. The number of benzene rings is 6. The molecule has 12 rings (SSSR count). The van der Waals surface area contributed by atoms with Crippen LogP contribution in [0.15, 0.2) is 165 Å². The number of aromatic nitrogens is 2. The minimum atomic E-state index is -1.13. The van der Waals surface area contributed by atoms with E-state index in [-0.39, 0.29) is 7.92 Å². The van der Waals surface area contributed by atoms with Gasteiger partial charge in [-0.25, -0.2) is 0 Å². The fourth-order valence-corrected chi connectivity index (χ4v) is 16.0. The lowest BCUT2D eigenvalue weighted by Crippen LogP contribution is -2.27. The van der Waals surface area contributed by atoms with Crippen molar-refractivity contribution in [3.05, 3.63) is 173 Å². The molecule has 2 N–H and O–H groups in total. The number of methoxy groups -OCH3 is 2. The highest BCUT2D eigenvalue weighted by atomic mass is 79.9. The summed E-state index contributed by atoms with van der Waals surface area (Å²) in [7, 11) is 2.23. The van der Waals surface area contributed by atoms with Crippen molar-refractivity contribution in [3.8, 4) is 45.1 Å². The molecule has 0 aliphatic heterocycles. The van der Waals surface area contributed by atoms with E-state index in [1.54, 1.807) is 19.5 Å². The quantitative estimate of drug-likeness (QED) is 0.0919. The molecule has 6 aromatic carbocycles. The molecule has 0 radical (unpaired) electrons. The molecule has 0 saturated heterocycles. The summed E-state index contributed by atoms with van der Waals surface area (Å²) in [6, 6.07) is 48.4. The van der Waals surface area contributed by atoms with Gasteiger partial charge >= 0.3 is 7.12 Å². The lowest BCUT2D eigenvalue weighted by Gasteiger charge is -2.39. The van der Waals surface area contributed by atoms with E-state index in [9.17, 15) is 0 Å². The van der Waals surface area contributed by atoms with E-state index in [1.807, 2.05) is 68.7 Å². The number of fused-ring (bicyclic) bond motifs is 6. The van der Waals surface area contributed by atoms with Gasteiger partial charge in [0.2, 0.25) is 0 Å². The van der Waals surface area contributed by atoms with Gasteiger partial charge in [-0.3, -0.25) is 9.97 Å². The number of halogens is 1. The van der Waals surface area contributed by atoms with Gasteiger partial charge in [-0.1, -0.05) is 165 Å². The third kappa shape index (κ3) is 14.3. The lowest BCUT2D eigenvalue weighted by molar-refractivity contribution is 0.394. The van der Waals surface area contributed by atoms with Gasteiger partial charge in [0.25, 0.3) is 0 Å². The summed E-state index contributed by atoms with van der Waals surface area (Å²) >= 11 is 3.49. The second-order valence-corrected chi connectivity index (χ2v) is 26.2. The molecule has 0 atom stereocenters. The molecule has 2 aliphatic carbocycles. The molecule has 0 spiro atoms. The van der Waals surface area contributed by atoms with Crippen LogP contribution in [-0.2, 0) is 6.42 Å². The van der Waals surface area contributed by atoms with Crippen LogP contribution >= 0.6 is 23.9 Å². The molecule has 4 aromatic heterocycles. The Balaban J connectivity index is 0.000000140. The highest BCUT2D eigenvalue weighted by Gasteiger charge is 2.34. The summed E-state index contributed by atoms with van der Waals surface area (Å²) in [5.41, 5.74) is 15.6. The van der Waals surface area contributed by atoms with E-state index in [0.29, 0.717) is 18.2 Å². The summed E-state index contributed by atoms with van der Waals surface area (Å²) in [5.74, 6) is 2.84. The van der Waals surface area contributed by atoms with Crippen molar-refractivity contribution >= 4 is 80.2 Å². The number of pyridine rings is 2. The van der Waals surface area contributed by atoms with Crippen molar-refractivity contribution in [3.63, 3.8) is 0 Å². The average Bonchev–Trinajstić information content (AvgIpc) is 4.29. The SMILES string of the molecule is CC(C)CB(O)O.COc1cccc(OC)c1-c1ccccc1P(C1CCCCC1)C1CCCCC1.Cc1cc(-c2cccc3c2oc2ccccc23)ncc1Br.Cc1cc(-c2cccc3c2oc2ccccc23)ncc1CC(C)C. The molecule has 420 valence electrons. The van der Waals surface area contributed by atoms with Gasteiger partial charge in [0, 0.05) is 49.5 Å². The first kappa shape index (κ1) is 59.3. The molecule has 0 amide bonds. The van der Waals surface area contributed by atoms with Crippen LogP contribution in [0.3, 0.4) is 0 Å². The van der Waals surface area contributed by atoms with Gasteiger partial charge in [0.1, 0.15) is 33.8 Å². The summed E-state index contributed by atoms with van der Waals surface area (Å²) in [4.78, 5) is 9.25. The zero-order valence-electron chi connectivity index (χ0n) is 48.6. The van der Waals surface area contributed by atoms with Crippen LogP contribution in [0.25, 0.3) is 77.5 Å². The molecular weight excluding hydrogens is 1090 g/mol. The van der Waals surface area contributed by atoms with Crippen LogP contribution in [0.1, 0.15) is 109 Å². The average molecular weight is 1170 g/mol. The number of aryl methyl sites for hydroxylation is 2. The van der Waals surface area contributed by atoms with Crippen molar-refractivity contribution in [1.82, 2.24) is 9.97 Å². The van der Waals surface area contributed by atoms with Gasteiger partial charge in [-0.15, -0.1) is 0 Å². The molecule has 2 aliphatic rings. The second-order valence-electron chi connectivity index (χ2n) is 22.6. The predicted octanol–water partition coefficient (Wildman–Crippen LogP) is 19.1. The minimum Gasteiger partial charge on any atom is -0.496 e. The molecule has 10 aromatic rings. The largest absolute Gasteiger partial charge is 0.496 e. The Kier molecular flexibility index (Phi) is 20.6. The Labute approximate surface area is 489 Å². The lowest BCUT2D eigenvalue weighted by atomic mass is 9.80. The van der Waals surface area contributed by atoms with Crippen LogP contribution in [0, 0.1) is 25.7 Å². The second kappa shape index (κ2) is 28.1. The van der Waals surface area contributed by atoms with Crippen LogP contribution in [0.5, 0.6) is 11.5 Å². The first-order chi connectivity index (χ1) is 39.3. The number of furan rings is 2. The first-order valence-corrected chi connectivity index (χ1v) is 31.4. The number of nitrogens with zero attached hydrogens (tertiary/aromatic N) is 2. The third-order valence-electron chi connectivity index (χ3n) is 15.8. The Hall–Kier alpha value is -6.29. The molecule has 2 fully saturated rings. The van der Waals surface area contributed by atoms with Gasteiger partial charge in [0.05, 0.1) is 31.2 Å². The van der Waals surface area contributed by atoms with E-state index >= 15 is 0 Å². The van der Waals surface area contributed by atoms with Crippen molar-refractivity contribution in [2.75, 3.05) is 14.2 Å². The van der Waals surface area contributed by atoms with Gasteiger partial charge < -0.3 is 28.4 Å². The van der Waals surface area contributed by atoms with Crippen molar-refractivity contribution in [1.29, 1.82) is 0 Å². The minimum absolute atomic E-state index is 0.182. The Morgan fingerprint density at radius 1 is 0.556 bits per heavy atom. The maximum Gasteiger partial charge on any atom is 0.451 e. The normalized spacial score (nSPS) is 14.0. The Morgan fingerprint density at radius 2 is 1.01 bits per heavy atom. The topological polar surface area (TPSA) is 111 Å². The Morgan fingerprint density at radius 3 is 1.48 bits per heavy atom. The third-order valence-corrected chi connectivity index (χ3v) is 20.1. The number of para-hydroxylation sites is 4. The fraction of sp³-hybridized carbons (Fsp3) is 0.343. The van der Waals surface area contributed by atoms with Crippen LogP contribution < -0.4 is 14.8 Å². The molecule has 8 nitrogen and oxygen atoms in total. The molecule has 0 bridgehead atoms. The van der Waals surface area contributed by atoms with E-state index < -0.39 is 7.12 Å². The summed E-state index contributed by atoms with van der Waals surface area (Å²) in [6.45, 7) is 12.6. The monoisotopic (exact) mass is 1160 g/mol. The highest BCUT2D eigenvalue weighted by molar-refractivity contribution is 9.10. The standard InChI is InChI=1S/C26H35O2P.C22H21NO.C18H12BrNO.C4H11BO2/c1-27-23-17-11-18-24(28-2)26(23)22-16-9-10-19-25(22)29(20-12-5-3-6-13-20)21-14-7-4-8-15-21;1-14(2)11-16-13-23-20(12-15(16)3)19-9-6-8-18-17-7-4-5-10-21(17)24-22(18)19;1-11-9-16(20-10-15(11)19)14-7-4-6-13-12-5-2-3-8-17(12)21-18(13)14;1-4(2)3-5(6)7/h9-11,16-21H,3-8,12-15H2,1-2H3;4-10,12-14H,11H2,1-3H3;2-10H,1H3;4,6-7H,3H2,1-2H3. The van der Waals surface area contributed by atoms with E-state index in [1.165, 1.54) is 80.9 Å². The maximum atomic E-state index is 8.28. The van der Waals surface area contributed by atoms with Crippen molar-refractivity contribution in [2.45, 2.75) is 130 Å². The predicted molar refractivity (Wildman–Crippen MR) is 345 cm³/mol. The van der Waals surface area contributed by atoms with Crippen molar-refractivity contribution < 1.29 is 28.4 Å². The first-order valence-electron chi connectivity index (χ1n) is 29.2. The van der Waals surface area contributed by atoms with Crippen LogP contribution in [0.2, 0.25) is 6.32 Å². The zero-order chi connectivity index (χ0) is 57.0. The number of rotatable bonds is 12. The fourth-order valence-electron chi connectivity index (χ4n) is 11.8. The molecular formula is C70H79BBrN2O6P. The highest BCUT2D eigenvalue weighted by Crippen LogP contribution is 2.57. The van der Waals surface area contributed by atoms with Gasteiger partial charge in [-0.05, 0) is 167 Å². The smallest absolute Gasteiger partial charge is 0.451 e. The van der Waals surface area contributed by atoms with E-state index in [0.717, 1.165) is 111 Å². The van der Waals surface area contributed by atoms with E-state index in [4.69, 9.17) is 33.3 Å².